The van der Waals surface area contributed by atoms with E-state index >= 15 is 0 Å². The fourth-order valence-corrected chi connectivity index (χ4v) is 1.72. The third kappa shape index (κ3) is 3.75. The second-order valence-corrected chi connectivity index (χ2v) is 3.58. The molecule has 1 rings (SSSR count). The maximum absolute atomic E-state index is 2.41. The molecule has 0 N–H and O–H groups in total. The van der Waals surface area contributed by atoms with Gasteiger partial charge in [0.25, 0.3) is 0 Å². The van der Waals surface area contributed by atoms with Crippen LogP contribution in [0.1, 0.15) is 45.4 Å². The van der Waals surface area contributed by atoms with Crippen molar-refractivity contribution < 1.29 is 0 Å². The van der Waals surface area contributed by atoms with Crippen molar-refractivity contribution in [1.82, 2.24) is 0 Å². The Morgan fingerprint density at radius 3 is 3.00 bits per heavy atom. The van der Waals surface area contributed by atoms with Crippen molar-refractivity contribution in [1.29, 1.82) is 0 Å². The van der Waals surface area contributed by atoms with Crippen LogP contribution in [0.3, 0.4) is 0 Å². The maximum atomic E-state index is 2.41. The van der Waals surface area contributed by atoms with E-state index in [1.165, 1.54) is 38.5 Å². The molecule has 1 unspecified atom stereocenters. The van der Waals surface area contributed by atoms with Gasteiger partial charge in [0.05, 0.1) is 0 Å². The summed E-state index contributed by atoms with van der Waals surface area (Å²) in [6, 6.07) is 0. The maximum Gasteiger partial charge on any atom is -0.0230 e. The molecule has 12 heavy (non-hydrogen) atoms. The molecule has 1 aliphatic rings. The first-order chi connectivity index (χ1) is 5.93. The molecular formula is C12H20. The quantitative estimate of drug-likeness (QED) is 0.549. The van der Waals surface area contributed by atoms with Crippen LogP contribution in [0.2, 0.25) is 0 Å². The molecule has 0 saturated heterocycles. The Kier molecular flexibility index (Phi) is 4.82. The average Bonchev–Trinajstić information content (AvgIpc) is 2.14. The van der Waals surface area contributed by atoms with E-state index in [1.807, 2.05) is 0 Å². The topological polar surface area (TPSA) is 0 Å². The predicted molar refractivity (Wildman–Crippen MR) is 55.1 cm³/mol. The number of allylic oxidation sites excluding steroid dienone is 4. The van der Waals surface area contributed by atoms with Crippen LogP contribution in [-0.2, 0) is 0 Å². The molecule has 1 aliphatic carbocycles. The first-order valence-electron chi connectivity index (χ1n) is 5.25. The van der Waals surface area contributed by atoms with Crippen molar-refractivity contribution >= 4 is 0 Å². The van der Waals surface area contributed by atoms with Gasteiger partial charge in [-0.3, -0.25) is 0 Å². The molecule has 68 valence electrons. The Morgan fingerprint density at radius 2 is 2.33 bits per heavy atom. The minimum absolute atomic E-state index is 0.875. The normalized spacial score (nSPS) is 23.6. The fourth-order valence-electron chi connectivity index (χ4n) is 1.72. The lowest BCUT2D eigenvalue weighted by atomic mass is 9.92. The highest BCUT2D eigenvalue weighted by Crippen LogP contribution is 2.21. The van der Waals surface area contributed by atoms with Crippen LogP contribution in [0.4, 0.5) is 0 Å². The van der Waals surface area contributed by atoms with Crippen molar-refractivity contribution in [2.45, 2.75) is 45.4 Å². The first-order valence-corrected chi connectivity index (χ1v) is 5.25. The van der Waals surface area contributed by atoms with Crippen LogP contribution in [0.25, 0.3) is 0 Å². The highest BCUT2D eigenvalue weighted by Gasteiger charge is 2.05. The second kappa shape index (κ2) is 6.05. The van der Waals surface area contributed by atoms with Gasteiger partial charge in [0.1, 0.15) is 0 Å². The lowest BCUT2D eigenvalue weighted by Gasteiger charge is -2.14. The highest BCUT2D eigenvalue weighted by atomic mass is 14.1. The summed E-state index contributed by atoms with van der Waals surface area (Å²) in [6.45, 7) is 2.19. The average molecular weight is 164 g/mol. The van der Waals surface area contributed by atoms with Gasteiger partial charge >= 0.3 is 0 Å². The Balaban J connectivity index is 2.09. The van der Waals surface area contributed by atoms with E-state index in [-0.39, 0.29) is 0 Å². The van der Waals surface area contributed by atoms with E-state index in [1.54, 1.807) is 0 Å². The molecule has 0 aromatic carbocycles. The monoisotopic (exact) mass is 164 g/mol. The molecule has 0 heterocycles. The van der Waals surface area contributed by atoms with Gasteiger partial charge in [-0.15, -0.1) is 0 Å². The van der Waals surface area contributed by atoms with Crippen LogP contribution in [0.5, 0.6) is 0 Å². The van der Waals surface area contributed by atoms with Gasteiger partial charge in [0.2, 0.25) is 0 Å². The molecule has 0 amide bonds. The zero-order valence-corrected chi connectivity index (χ0v) is 8.13. The third-order valence-corrected chi connectivity index (χ3v) is 2.46. The SMILES string of the molecule is CCC=CCCC1C=CCCC1. The first kappa shape index (κ1) is 9.57. The van der Waals surface area contributed by atoms with Gasteiger partial charge < -0.3 is 0 Å². The smallest absolute Gasteiger partial charge is 0.0230 e. The van der Waals surface area contributed by atoms with Crippen molar-refractivity contribution in [3.05, 3.63) is 24.3 Å². The summed E-state index contributed by atoms with van der Waals surface area (Å²) < 4.78 is 0. The van der Waals surface area contributed by atoms with Gasteiger partial charge in [-0.2, -0.15) is 0 Å². The molecule has 0 aromatic rings. The largest absolute Gasteiger partial charge is 0.0888 e. The van der Waals surface area contributed by atoms with Crippen LogP contribution in [-0.4, -0.2) is 0 Å². The number of rotatable bonds is 4. The van der Waals surface area contributed by atoms with E-state index in [0.29, 0.717) is 0 Å². The number of hydrogen-bond acceptors (Lipinski definition) is 0. The zero-order valence-electron chi connectivity index (χ0n) is 8.13. The van der Waals surface area contributed by atoms with Gasteiger partial charge in [-0.05, 0) is 44.4 Å². The third-order valence-electron chi connectivity index (χ3n) is 2.46. The highest BCUT2D eigenvalue weighted by molar-refractivity contribution is 4.94. The molecule has 0 radical (unpaired) electrons. The van der Waals surface area contributed by atoms with Crippen molar-refractivity contribution in [3.63, 3.8) is 0 Å². The summed E-state index contributed by atoms with van der Waals surface area (Å²) in [7, 11) is 0. The Bertz CT molecular complexity index is 153. The lowest BCUT2D eigenvalue weighted by molar-refractivity contribution is 0.509. The van der Waals surface area contributed by atoms with Crippen molar-refractivity contribution in [2.75, 3.05) is 0 Å². The molecule has 0 fully saturated rings. The van der Waals surface area contributed by atoms with E-state index in [0.717, 1.165) is 5.92 Å². The molecule has 0 bridgehead atoms. The van der Waals surface area contributed by atoms with Crippen LogP contribution in [0.15, 0.2) is 24.3 Å². The van der Waals surface area contributed by atoms with Gasteiger partial charge in [0, 0.05) is 0 Å². The molecule has 0 aliphatic heterocycles. The summed E-state index contributed by atoms with van der Waals surface area (Å²) in [5.41, 5.74) is 0. The van der Waals surface area contributed by atoms with Crippen molar-refractivity contribution in [3.8, 4) is 0 Å². The van der Waals surface area contributed by atoms with E-state index in [9.17, 15) is 0 Å². The molecule has 0 aromatic heterocycles. The van der Waals surface area contributed by atoms with Crippen LogP contribution < -0.4 is 0 Å². The molecule has 0 spiro atoms. The molecule has 0 saturated carbocycles. The van der Waals surface area contributed by atoms with Gasteiger partial charge in [-0.25, -0.2) is 0 Å². The zero-order chi connectivity index (χ0) is 8.65. The molecular weight excluding hydrogens is 144 g/mol. The summed E-state index contributed by atoms with van der Waals surface area (Å²) >= 11 is 0. The summed E-state index contributed by atoms with van der Waals surface area (Å²) in [5, 5.41) is 0. The summed E-state index contributed by atoms with van der Waals surface area (Å²) in [5.74, 6) is 0.875. The van der Waals surface area contributed by atoms with E-state index in [2.05, 4.69) is 31.2 Å². The Hall–Kier alpha value is -0.520. The van der Waals surface area contributed by atoms with Crippen molar-refractivity contribution in [2.24, 2.45) is 5.92 Å². The van der Waals surface area contributed by atoms with Crippen LogP contribution in [0, 0.1) is 5.92 Å². The minimum atomic E-state index is 0.875. The Labute approximate surface area is 76.4 Å². The second-order valence-electron chi connectivity index (χ2n) is 3.58. The molecule has 0 nitrogen and oxygen atoms in total. The van der Waals surface area contributed by atoms with E-state index < -0.39 is 0 Å². The van der Waals surface area contributed by atoms with E-state index in [4.69, 9.17) is 0 Å². The molecule has 0 heteroatoms. The summed E-state index contributed by atoms with van der Waals surface area (Å²) in [6.07, 6.45) is 17.3. The minimum Gasteiger partial charge on any atom is -0.0888 e. The standard InChI is InChI=1S/C12H20/c1-2-3-4-6-9-12-10-7-5-8-11-12/h3-4,7,10,12H,2,5-6,8-9,11H2,1H3. The summed E-state index contributed by atoms with van der Waals surface area (Å²) in [4.78, 5) is 0. The Morgan fingerprint density at radius 1 is 1.42 bits per heavy atom. The van der Waals surface area contributed by atoms with Gasteiger partial charge in [-0.1, -0.05) is 31.2 Å². The fraction of sp³-hybridized carbons (Fsp3) is 0.667. The lowest BCUT2D eigenvalue weighted by Crippen LogP contribution is -1.99. The molecule has 1 atom stereocenters. The van der Waals surface area contributed by atoms with Gasteiger partial charge in [0.15, 0.2) is 0 Å². The number of hydrogen-bond donors (Lipinski definition) is 0. The van der Waals surface area contributed by atoms with Crippen LogP contribution >= 0.6 is 0 Å². The predicted octanol–water partition coefficient (Wildman–Crippen LogP) is 4.09.